The molecule has 0 unspecified atom stereocenters. The molecule has 5 heteroatoms. The van der Waals surface area contributed by atoms with Crippen LogP contribution in [0.4, 0.5) is 0 Å². The number of carbonyl (C=O) groups is 1. The summed E-state index contributed by atoms with van der Waals surface area (Å²) >= 11 is 3.33. The van der Waals surface area contributed by atoms with Crippen molar-refractivity contribution in [3.8, 4) is 5.75 Å². The van der Waals surface area contributed by atoms with E-state index in [2.05, 4.69) is 15.9 Å². The molecular formula is C12H15BrO4. The summed E-state index contributed by atoms with van der Waals surface area (Å²) in [5, 5.41) is 9.22. The fourth-order valence-electron chi connectivity index (χ4n) is 1.46. The average molecular weight is 303 g/mol. The Kier molecular flexibility index (Phi) is 5.44. The third kappa shape index (κ3) is 4.02. The van der Waals surface area contributed by atoms with Crippen molar-refractivity contribution in [1.29, 1.82) is 0 Å². The fourth-order valence-corrected chi connectivity index (χ4v) is 2.08. The number of hydrogen-bond acceptors (Lipinski definition) is 4. The molecule has 0 radical (unpaired) electrons. The van der Waals surface area contributed by atoms with Crippen molar-refractivity contribution < 1.29 is 19.4 Å². The van der Waals surface area contributed by atoms with Crippen molar-refractivity contribution in [2.75, 3.05) is 13.2 Å². The number of rotatable bonds is 5. The molecule has 1 N–H and O–H groups in total. The van der Waals surface area contributed by atoms with Gasteiger partial charge in [-0.15, -0.1) is 0 Å². The quantitative estimate of drug-likeness (QED) is 0.847. The summed E-state index contributed by atoms with van der Waals surface area (Å²) in [4.78, 5) is 11.2. The van der Waals surface area contributed by atoms with Crippen LogP contribution in [0.5, 0.6) is 5.75 Å². The lowest BCUT2D eigenvalue weighted by Gasteiger charge is -2.13. The number of aliphatic hydroxyl groups excluding tert-OH is 1. The minimum Gasteiger partial charge on any atom is -0.481 e. The molecule has 0 aromatic heterocycles. The van der Waals surface area contributed by atoms with Crippen molar-refractivity contribution in [2.24, 2.45) is 0 Å². The molecule has 1 rings (SSSR count). The van der Waals surface area contributed by atoms with Crippen LogP contribution in [-0.2, 0) is 16.1 Å². The van der Waals surface area contributed by atoms with Crippen LogP contribution in [0.15, 0.2) is 16.6 Å². The van der Waals surface area contributed by atoms with Gasteiger partial charge in [0.1, 0.15) is 5.75 Å². The molecule has 0 amide bonds. The van der Waals surface area contributed by atoms with Crippen LogP contribution in [0.2, 0.25) is 0 Å². The van der Waals surface area contributed by atoms with Gasteiger partial charge in [-0.25, -0.2) is 4.79 Å². The SMILES string of the molecule is CCOC(=O)COc1c(C)cc(Br)cc1CO. The summed E-state index contributed by atoms with van der Waals surface area (Å²) in [6.07, 6.45) is 0. The molecule has 17 heavy (non-hydrogen) atoms. The summed E-state index contributed by atoms with van der Waals surface area (Å²) < 4.78 is 11.0. The van der Waals surface area contributed by atoms with Crippen molar-refractivity contribution in [3.63, 3.8) is 0 Å². The van der Waals surface area contributed by atoms with E-state index >= 15 is 0 Å². The van der Waals surface area contributed by atoms with Gasteiger partial charge in [-0.1, -0.05) is 15.9 Å². The Morgan fingerprint density at radius 3 is 2.76 bits per heavy atom. The zero-order valence-electron chi connectivity index (χ0n) is 9.83. The van der Waals surface area contributed by atoms with Gasteiger partial charge in [0, 0.05) is 10.0 Å². The van der Waals surface area contributed by atoms with Gasteiger partial charge in [0.2, 0.25) is 0 Å². The minimum absolute atomic E-state index is 0.140. The molecule has 0 aliphatic heterocycles. The van der Waals surface area contributed by atoms with Crippen molar-refractivity contribution in [3.05, 3.63) is 27.7 Å². The highest BCUT2D eigenvalue weighted by Gasteiger charge is 2.11. The molecule has 4 nitrogen and oxygen atoms in total. The number of benzene rings is 1. The van der Waals surface area contributed by atoms with Crippen LogP contribution < -0.4 is 4.74 Å². The summed E-state index contributed by atoms with van der Waals surface area (Å²) in [5.41, 5.74) is 1.49. The molecule has 0 spiro atoms. The molecule has 0 heterocycles. The van der Waals surface area contributed by atoms with Crippen molar-refractivity contribution in [2.45, 2.75) is 20.5 Å². The normalized spacial score (nSPS) is 10.1. The summed E-state index contributed by atoms with van der Waals surface area (Å²) in [6.45, 7) is 3.63. The second-order valence-electron chi connectivity index (χ2n) is 3.46. The van der Waals surface area contributed by atoms with Crippen LogP contribution in [0.25, 0.3) is 0 Å². The Morgan fingerprint density at radius 1 is 1.47 bits per heavy atom. The van der Waals surface area contributed by atoms with Crippen molar-refractivity contribution in [1.82, 2.24) is 0 Å². The van der Waals surface area contributed by atoms with E-state index in [0.29, 0.717) is 17.9 Å². The molecule has 0 aliphatic carbocycles. The monoisotopic (exact) mass is 302 g/mol. The molecule has 1 aromatic carbocycles. The lowest BCUT2D eigenvalue weighted by Crippen LogP contribution is -2.15. The van der Waals surface area contributed by atoms with E-state index in [0.717, 1.165) is 10.0 Å². The number of carbonyl (C=O) groups excluding carboxylic acids is 1. The van der Waals surface area contributed by atoms with Gasteiger partial charge in [-0.05, 0) is 31.5 Å². The smallest absolute Gasteiger partial charge is 0.344 e. The van der Waals surface area contributed by atoms with Gasteiger partial charge in [-0.2, -0.15) is 0 Å². The Morgan fingerprint density at radius 2 is 2.18 bits per heavy atom. The molecule has 1 aromatic rings. The van der Waals surface area contributed by atoms with Gasteiger partial charge in [0.25, 0.3) is 0 Å². The lowest BCUT2D eigenvalue weighted by molar-refractivity contribution is -0.145. The number of halogens is 1. The standard InChI is InChI=1S/C12H15BrO4/c1-3-16-11(15)7-17-12-8(2)4-10(13)5-9(12)6-14/h4-5,14H,3,6-7H2,1-2H3. The van der Waals surface area contributed by atoms with Gasteiger partial charge < -0.3 is 14.6 Å². The van der Waals surface area contributed by atoms with Crippen LogP contribution in [0.3, 0.4) is 0 Å². The largest absolute Gasteiger partial charge is 0.481 e. The third-order valence-corrected chi connectivity index (χ3v) is 2.58. The second-order valence-corrected chi connectivity index (χ2v) is 4.38. The number of aliphatic hydroxyl groups is 1. The summed E-state index contributed by atoms with van der Waals surface area (Å²) in [5.74, 6) is 0.113. The van der Waals surface area contributed by atoms with E-state index in [9.17, 15) is 9.90 Å². The highest BCUT2D eigenvalue weighted by molar-refractivity contribution is 9.10. The maximum absolute atomic E-state index is 11.2. The average Bonchev–Trinajstić information content (AvgIpc) is 2.27. The molecule has 94 valence electrons. The predicted octanol–water partition coefficient (Wildman–Crippen LogP) is 2.19. The third-order valence-electron chi connectivity index (χ3n) is 2.13. The Hall–Kier alpha value is -1.07. The van der Waals surface area contributed by atoms with E-state index in [4.69, 9.17) is 9.47 Å². The van der Waals surface area contributed by atoms with E-state index in [-0.39, 0.29) is 13.2 Å². The maximum Gasteiger partial charge on any atom is 0.344 e. The second kappa shape index (κ2) is 6.61. The molecular weight excluding hydrogens is 288 g/mol. The number of ether oxygens (including phenoxy) is 2. The summed E-state index contributed by atoms with van der Waals surface area (Å²) in [7, 11) is 0. The first-order chi connectivity index (χ1) is 8.08. The molecule has 0 atom stereocenters. The zero-order valence-corrected chi connectivity index (χ0v) is 11.4. The molecule has 0 saturated carbocycles. The Balaban J connectivity index is 2.79. The topological polar surface area (TPSA) is 55.8 Å². The van der Waals surface area contributed by atoms with Crippen LogP contribution in [0.1, 0.15) is 18.1 Å². The number of aryl methyl sites for hydroxylation is 1. The van der Waals surface area contributed by atoms with Crippen LogP contribution >= 0.6 is 15.9 Å². The van der Waals surface area contributed by atoms with E-state index < -0.39 is 5.97 Å². The fraction of sp³-hybridized carbons (Fsp3) is 0.417. The Bertz CT molecular complexity index is 404. The number of hydrogen-bond donors (Lipinski definition) is 1. The first kappa shape index (κ1) is 14.0. The van der Waals surface area contributed by atoms with E-state index in [1.54, 1.807) is 13.0 Å². The summed E-state index contributed by atoms with van der Waals surface area (Å²) in [6, 6.07) is 3.62. The molecule has 0 bridgehead atoms. The van der Waals surface area contributed by atoms with Gasteiger partial charge in [-0.3, -0.25) is 0 Å². The van der Waals surface area contributed by atoms with Gasteiger partial charge >= 0.3 is 5.97 Å². The lowest BCUT2D eigenvalue weighted by atomic mass is 10.1. The van der Waals surface area contributed by atoms with Crippen LogP contribution in [0, 0.1) is 6.92 Å². The zero-order chi connectivity index (χ0) is 12.8. The Labute approximate surface area is 109 Å². The number of esters is 1. The first-order valence-electron chi connectivity index (χ1n) is 5.26. The molecule has 0 fully saturated rings. The van der Waals surface area contributed by atoms with E-state index in [1.165, 1.54) is 0 Å². The van der Waals surface area contributed by atoms with E-state index in [1.807, 2.05) is 13.0 Å². The highest BCUT2D eigenvalue weighted by Crippen LogP contribution is 2.28. The predicted molar refractivity (Wildman–Crippen MR) is 66.9 cm³/mol. The first-order valence-corrected chi connectivity index (χ1v) is 6.06. The maximum atomic E-state index is 11.2. The minimum atomic E-state index is -0.418. The highest BCUT2D eigenvalue weighted by atomic mass is 79.9. The van der Waals surface area contributed by atoms with Crippen molar-refractivity contribution >= 4 is 21.9 Å². The molecule has 0 aliphatic rings. The van der Waals surface area contributed by atoms with Crippen LogP contribution in [-0.4, -0.2) is 24.3 Å². The van der Waals surface area contributed by atoms with Gasteiger partial charge in [0.05, 0.1) is 13.2 Å². The van der Waals surface area contributed by atoms with Gasteiger partial charge in [0.15, 0.2) is 6.61 Å². The molecule has 0 saturated heterocycles.